The van der Waals surface area contributed by atoms with Gasteiger partial charge in [-0.2, -0.15) is 0 Å². The van der Waals surface area contributed by atoms with E-state index in [2.05, 4.69) is 42.8 Å². The van der Waals surface area contributed by atoms with Crippen LogP contribution in [0.15, 0.2) is 0 Å². The highest BCUT2D eigenvalue weighted by molar-refractivity contribution is 4.89. The third-order valence-electron chi connectivity index (χ3n) is 5.26. The van der Waals surface area contributed by atoms with Gasteiger partial charge in [0.15, 0.2) is 0 Å². The molecule has 0 aromatic rings. The van der Waals surface area contributed by atoms with Crippen molar-refractivity contribution in [1.29, 1.82) is 0 Å². The molecule has 3 heteroatoms. The smallest absolute Gasteiger partial charge is 0.00500 e. The zero-order valence-corrected chi connectivity index (χ0v) is 15.1. The summed E-state index contributed by atoms with van der Waals surface area (Å²) >= 11 is 0. The van der Waals surface area contributed by atoms with Crippen molar-refractivity contribution in [3.63, 3.8) is 0 Å². The first-order chi connectivity index (χ1) is 10.2. The Morgan fingerprint density at radius 1 is 0.857 bits per heavy atom. The van der Waals surface area contributed by atoms with E-state index in [-0.39, 0.29) is 0 Å². The van der Waals surface area contributed by atoms with Gasteiger partial charge in [0.05, 0.1) is 0 Å². The van der Waals surface area contributed by atoms with E-state index in [1.807, 2.05) is 0 Å². The van der Waals surface area contributed by atoms with Gasteiger partial charge in [-0.15, -0.1) is 0 Å². The minimum atomic E-state index is 0.557. The maximum Gasteiger partial charge on any atom is 0.00500 e. The molecular weight excluding hydrogens is 258 g/mol. The second kappa shape index (κ2) is 10.6. The first-order valence-corrected chi connectivity index (χ1v) is 9.35. The standard InChI is InChI=1S/C18H39N3/c1-5-19-16-18(12-9-10-13-18)17-21(8-4)15-11-14-20(6-2)7-3/h19H,5-17H2,1-4H3. The van der Waals surface area contributed by atoms with E-state index >= 15 is 0 Å². The summed E-state index contributed by atoms with van der Waals surface area (Å²) in [5, 5.41) is 3.62. The van der Waals surface area contributed by atoms with Crippen LogP contribution >= 0.6 is 0 Å². The molecule has 0 bridgehead atoms. The number of nitrogens with one attached hydrogen (secondary N) is 1. The number of rotatable bonds is 12. The van der Waals surface area contributed by atoms with Gasteiger partial charge in [-0.05, 0) is 63.9 Å². The average molecular weight is 298 g/mol. The molecule has 1 fully saturated rings. The summed E-state index contributed by atoms with van der Waals surface area (Å²) in [5.74, 6) is 0. The molecule has 0 amide bonds. The first-order valence-electron chi connectivity index (χ1n) is 9.35. The summed E-state index contributed by atoms with van der Waals surface area (Å²) < 4.78 is 0. The molecule has 0 aromatic carbocycles. The van der Waals surface area contributed by atoms with Crippen LogP contribution in [0.1, 0.15) is 59.8 Å². The number of hydrogen-bond acceptors (Lipinski definition) is 3. The fourth-order valence-electron chi connectivity index (χ4n) is 3.79. The van der Waals surface area contributed by atoms with E-state index in [4.69, 9.17) is 0 Å². The highest BCUT2D eigenvalue weighted by Crippen LogP contribution is 2.38. The molecule has 1 N–H and O–H groups in total. The molecule has 3 nitrogen and oxygen atoms in total. The van der Waals surface area contributed by atoms with Crippen molar-refractivity contribution >= 4 is 0 Å². The zero-order chi connectivity index (χ0) is 15.6. The molecule has 0 atom stereocenters. The van der Waals surface area contributed by atoms with Gasteiger partial charge in [0.25, 0.3) is 0 Å². The fraction of sp³-hybridized carbons (Fsp3) is 1.00. The molecule has 0 radical (unpaired) electrons. The average Bonchev–Trinajstić information content (AvgIpc) is 2.97. The zero-order valence-electron chi connectivity index (χ0n) is 15.1. The lowest BCUT2D eigenvalue weighted by molar-refractivity contribution is 0.147. The maximum atomic E-state index is 3.62. The Hall–Kier alpha value is -0.120. The second-order valence-corrected chi connectivity index (χ2v) is 6.74. The van der Waals surface area contributed by atoms with E-state index in [9.17, 15) is 0 Å². The van der Waals surface area contributed by atoms with Crippen molar-refractivity contribution in [2.24, 2.45) is 5.41 Å². The van der Waals surface area contributed by atoms with Crippen molar-refractivity contribution in [3.05, 3.63) is 0 Å². The maximum absolute atomic E-state index is 3.62. The monoisotopic (exact) mass is 297 g/mol. The lowest BCUT2D eigenvalue weighted by atomic mass is 9.85. The minimum Gasteiger partial charge on any atom is -0.316 e. The van der Waals surface area contributed by atoms with Crippen molar-refractivity contribution in [2.75, 3.05) is 52.4 Å². The normalized spacial score (nSPS) is 18.0. The van der Waals surface area contributed by atoms with E-state index < -0.39 is 0 Å². The number of nitrogens with zero attached hydrogens (tertiary/aromatic N) is 2. The predicted molar refractivity (Wildman–Crippen MR) is 94.0 cm³/mol. The largest absolute Gasteiger partial charge is 0.316 e. The van der Waals surface area contributed by atoms with E-state index in [1.54, 1.807) is 0 Å². The fourth-order valence-corrected chi connectivity index (χ4v) is 3.79. The summed E-state index contributed by atoms with van der Waals surface area (Å²) in [6, 6.07) is 0. The van der Waals surface area contributed by atoms with Gasteiger partial charge in [0.1, 0.15) is 0 Å². The van der Waals surface area contributed by atoms with Gasteiger partial charge >= 0.3 is 0 Å². The third kappa shape index (κ3) is 6.66. The van der Waals surface area contributed by atoms with Crippen molar-refractivity contribution in [2.45, 2.75) is 59.8 Å². The molecule has 1 aliphatic rings. The van der Waals surface area contributed by atoms with Crippen molar-refractivity contribution in [1.82, 2.24) is 15.1 Å². The summed E-state index contributed by atoms with van der Waals surface area (Å²) in [6.45, 7) is 18.8. The molecule has 0 spiro atoms. The highest BCUT2D eigenvalue weighted by atomic mass is 15.1. The first kappa shape index (κ1) is 18.9. The van der Waals surface area contributed by atoms with E-state index in [1.165, 1.54) is 77.9 Å². The third-order valence-corrected chi connectivity index (χ3v) is 5.26. The quantitative estimate of drug-likeness (QED) is 0.597. The number of hydrogen-bond donors (Lipinski definition) is 1. The van der Waals surface area contributed by atoms with Crippen LogP contribution in [0.5, 0.6) is 0 Å². The van der Waals surface area contributed by atoms with Crippen molar-refractivity contribution < 1.29 is 0 Å². The lowest BCUT2D eigenvalue weighted by Crippen LogP contribution is -2.43. The predicted octanol–water partition coefficient (Wildman–Crippen LogP) is 3.21. The van der Waals surface area contributed by atoms with Gasteiger partial charge in [-0.3, -0.25) is 0 Å². The Morgan fingerprint density at radius 3 is 1.95 bits per heavy atom. The van der Waals surface area contributed by atoms with Crippen LogP contribution in [0.3, 0.4) is 0 Å². The lowest BCUT2D eigenvalue weighted by Gasteiger charge is -2.35. The van der Waals surface area contributed by atoms with Crippen LogP contribution < -0.4 is 5.32 Å². The van der Waals surface area contributed by atoms with Crippen molar-refractivity contribution in [3.8, 4) is 0 Å². The van der Waals surface area contributed by atoms with Gasteiger partial charge in [0.2, 0.25) is 0 Å². The van der Waals surface area contributed by atoms with Crippen LogP contribution in [0, 0.1) is 5.41 Å². The molecule has 0 aromatic heterocycles. The van der Waals surface area contributed by atoms with Gasteiger partial charge in [0, 0.05) is 13.1 Å². The Bertz CT molecular complexity index is 245. The SMILES string of the molecule is CCNCC1(CN(CC)CCCN(CC)CC)CCCC1. The molecule has 0 saturated heterocycles. The Balaban J connectivity index is 2.39. The molecule has 0 heterocycles. The summed E-state index contributed by atoms with van der Waals surface area (Å²) in [5.41, 5.74) is 0.557. The van der Waals surface area contributed by atoms with Crippen LogP contribution in [0.2, 0.25) is 0 Å². The van der Waals surface area contributed by atoms with Gasteiger partial charge < -0.3 is 15.1 Å². The van der Waals surface area contributed by atoms with Crippen LogP contribution in [-0.4, -0.2) is 62.2 Å². The molecule has 0 unspecified atom stereocenters. The summed E-state index contributed by atoms with van der Waals surface area (Å²) in [7, 11) is 0. The van der Waals surface area contributed by atoms with E-state index in [0.717, 1.165) is 6.54 Å². The van der Waals surface area contributed by atoms with Gasteiger partial charge in [-0.25, -0.2) is 0 Å². The minimum absolute atomic E-state index is 0.557. The molecule has 1 saturated carbocycles. The van der Waals surface area contributed by atoms with Crippen LogP contribution in [0.4, 0.5) is 0 Å². The van der Waals surface area contributed by atoms with Crippen LogP contribution in [0.25, 0.3) is 0 Å². The molecule has 1 aliphatic carbocycles. The van der Waals surface area contributed by atoms with Gasteiger partial charge in [-0.1, -0.05) is 40.5 Å². The summed E-state index contributed by atoms with van der Waals surface area (Å²) in [6.07, 6.45) is 7.02. The Labute approximate surface area is 133 Å². The molecular formula is C18H39N3. The highest BCUT2D eigenvalue weighted by Gasteiger charge is 2.34. The van der Waals surface area contributed by atoms with Crippen LogP contribution in [-0.2, 0) is 0 Å². The second-order valence-electron chi connectivity index (χ2n) is 6.74. The topological polar surface area (TPSA) is 18.5 Å². The molecule has 21 heavy (non-hydrogen) atoms. The molecule has 126 valence electrons. The Morgan fingerprint density at radius 2 is 1.43 bits per heavy atom. The van der Waals surface area contributed by atoms with E-state index in [0.29, 0.717) is 5.41 Å². The molecule has 0 aliphatic heterocycles. The molecule has 1 rings (SSSR count). The Kier molecular flexibility index (Phi) is 9.54. The summed E-state index contributed by atoms with van der Waals surface area (Å²) in [4.78, 5) is 5.24.